The lowest BCUT2D eigenvalue weighted by Gasteiger charge is -2.06. The van der Waals surface area contributed by atoms with Crippen LogP contribution in [0.25, 0.3) is 0 Å². The average Bonchev–Trinajstić information content (AvgIpc) is 2.73. The fourth-order valence-electron chi connectivity index (χ4n) is 1.56. The molecule has 0 saturated heterocycles. The zero-order valence-electron chi connectivity index (χ0n) is 10.8. The van der Waals surface area contributed by atoms with Crippen LogP contribution in [-0.2, 0) is 22.4 Å². The standard InChI is InChI=1S/C11H19N3O4/c1-3-4-9-10(11(15)16)12-13-14(9)5-6-18-8-7-17-2/h3-8H2,1-2H3,(H,15,16). The first-order valence-electron chi connectivity index (χ1n) is 5.93. The van der Waals surface area contributed by atoms with E-state index in [4.69, 9.17) is 14.6 Å². The molecule has 7 heteroatoms. The molecule has 0 amide bonds. The van der Waals surface area contributed by atoms with Gasteiger partial charge in [-0.1, -0.05) is 18.6 Å². The Bertz CT molecular complexity index is 378. The van der Waals surface area contributed by atoms with E-state index in [2.05, 4.69) is 10.3 Å². The van der Waals surface area contributed by atoms with Crippen molar-refractivity contribution in [2.24, 2.45) is 0 Å². The minimum Gasteiger partial charge on any atom is -0.476 e. The molecule has 1 aromatic rings. The minimum absolute atomic E-state index is 0.0359. The second kappa shape index (κ2) is 7.78. The second-order valence-electron chi connectivity index (χ2n) is 3.77. The SMILES string of the molecule is CCCc1c(C(=O)O)nnn1CCOCCOC. The summed E-state index contributed by atoms with van der Waals surface area (Å²) in [7, 11) is 1.61. The van der Waals surface area contributed by atoms with Crippen LogP contribution in [0.15, 0.2) is 0 Å². The zero-order chi connectivity index (χ0) is 13.4. The third-order valence-electron chi connectivity index (χ3n) is 2.41. The van der Waals surface area contributed by atoms with Crippen LogP contribution in [0, 0.1) is 0 Å². The molecule has 1 N–H and O–H groups in total. The molecule has 0 aliphatic rings. The Morgan fingerprint density at radius 2 is 2.17 bits per heavy atom. The van der Waals surface area contributed by atoms with E-state index in [1.54, 1.807) is 11.8 Å². The summed E-state index contributed by atoms with van der Waals surface area (Å²) >= 11 is 0. The van der Waals surface area contributed by atoms with Gasteiger partial charge in [-0.3, -0.25) is 0 Å². The van der Waals surface area contributed by atoms with Gasteiger partial charge in [0, 0.05) is 7.11 Å². The molecule has 1 aromatic heterocycles. The molecule has 102 valence electrons. The van der Waals surface area contributed by atoms with Crippen LogP contribution < -0.4 is 0 Å². The number of carboxylic acid groups (broad SMARTS) is 1. The Balaban J connectivity index is 2.56. The van der Waals surface area contributed by atoms with Gasteiger partial charge < -0.3 is 14.6 Å². The van der Waals surface area contributed by atoms with Crippen LogP contribution in [-0.4, -0.2) is 53.0 Å². The molecule has 0 aromatic carbocycles. The Kier molecular flexibility index (Phi) is 6.31. The maximum atomic E-state index is 11.0. The molecule has 1 rings (SSSR count). The number of aromatic carboxylic acids is 1. The van der Waals surface area contributed by atoms with E-state index in [-0.39, 0.29) is 5.69 Å². The third-order valence-corrected chi connectivity index (χ3v) is 2.41. The molecule has 18 heavy (non-hydrogen) atoms. The van der Waals surface area contributed by atoms with Gasteiger partial charge in [0.1, 0.15) is 0 Å². The van der Waals surface area contributed by atoms with Gasteiger partial charge >= 0.3 is 5.97 Å². The van der Waals surface area contributed by atoms with Gasteiger partial charge in [0.25, 0.3) is 0 Å². The summed E-state index contributed by atoms with van der Waals surface area (Å²) in [4.78, 5) is 11.0. The summed E-state index contributed by atoms with van der Waals surface area (Å²) in [6, 6.07) is 0. The molecule has 0 spiro atoms. The van der Waals surface area contributed by atoms with Gasteiger partial charge in [-0.25, -0.2) is 9.48 Å². The van der Waals surface area contributed by atoms with E-state index in [1.807, 2.05) is 6.92 Å². The number of nitrogens with zero attached hydrogens (tertiary/aromatic N) is 3. The number of rotatable bonds is 9. The molecule has 0 radical (unpaired) electrons. The molecule has 1 heterocycles. The maximum Gasteiger partial charge on any atom is 0.358 e. The number of hydrogen-bond donors (Lipinski definition) is 1. The Morgan fingerprint density at radius 3 is 2.78 bits per heavy atom. The molecule has 7 nitrogen and oxygen atoms in total. The largest absolute Gasteiger partial charge is 0.476 e. The topological polar surface area (TPSA) is 86.5 Å². The summed E-state index contributed by atoms with van der Waals surface area (Å²) < 4.78 is 11.8. The van der Waals surface area contributed by atoms with Gasteiger partial charge in [-0.2, -0.15) is 0 Å². The second-order valence-corrected chi connectivity index (χ2v) is 3.77. The van der Waals surface area contributed by atoms with Crippen molar-refractivity contribution < 1.29 is 19.4 Å². The van der Waals surface area contributed by atoms with E-state index >= 15 is 0 Å². The van der Waals surface area contributed by atoms with Gasteiger partial charge in [0.2, 0.25) is 0 Å². The maximum absolute atomic E-state index is 11.0. The lowest BCUT2D eigenvalue weighted by atomic mass is 10.2. The van der Waals surface area contributed by atoms with Crippen molar-refractivity contribution in [3.63, 3.8) is 0 Å². The Morgan fingerprint density at radius 1 is 1.39 bits per heavy atom. The average molecular weight is 257 g/mol. The van der Waals surface area contributed by atoms with Crippen molar-refractivity contribution in [3.05, 3.63) is 11.4 Å². The van der Waals surface area contributed by atoms with Crippen molar-refractivity contribution in [1.82, 2.24) is 15.0 Å². The van der Waals surface area contributed by atoms with Crippen molar-refractivity contribution in [1.29, 1.82) is 0 Å². The Hall–Kier alpha value is -1.47. The first-order chi connectivity index (χ1) is 8.70. The predicted octanol–water partition coefficient (Wildman–Crippen LogP) is 0.592. The van der Waals surface area contributed by atoms with Crippen molar-refractivity contribution in [2.45, 2.75) is 26.3 Å². The van der Waals surface area contributed by atoms with E-state index < -0.39 is 5.97 Å². The molecule has 0 aliphatic heterocycles. The van der Waals surface area contributed by atoms with Crippen LogP contribution in [0.4, 0.5) is 0 Å². The predicted molar refractivity (Wildman–Crippen MR) is 63.7 cm³/mol. The van der Waals surface area contributed by atoms with Crippen molar-refractivity contribution >= 4 is 5.97 Å². The molecular formula is C11H19N3O4. The highest BCUT2D eigenvalue weighted by atomic mass is 16.5. The molecule has 0 fully saturated rings. The first kappa shape index (κ1) is 14.6. The van der Waals surface area contributed by atoms with Crippen LogP contribution in [0.2, 0.25) is 0 Å². The van der Waals surface area contributed by atoms with E-state index in [1.165, 1.54) is 0 Å². The summed E-state index contributed by atoms with van der Waals surface area (Å²) in [5, 5.41) is 16.5. The smallest absolute Gasteiger partial charge is 0.358 e. The minimum atomic E-state index is -1.04. The van der Waals surface area contributed by atoms with E-state index in [0.717, 1.165) is 6.42 Å². The first-order valence-corrected chi connectivity index (χ1v) is 5.93. The fourth-order valence-corrected chi connectivity index (χ4v) is 1.56. The zero-order valence-corrected chi connectivity index (χ0v) is 10.8. The molecule has 0 unspecified atom stereocenters. The van der Waals surface area contributed by atoms with Crippen molar-refractivity contribution in [2.75, 3.05) is 26.9 Å². The highest BCUT2D eigenvalue weighted by Crippen LogP contribution is 2.08. The number of methoxy groups -OCH3 is 1. The number of hydrogen-bond acceptors (Lipinski definition) is 5. The molecule has 0 bridgehead atoms. The molecule has 0 saturated carbocycles. The normalized spacial score (nSPS) is 10.8. The number of carbonyl (C=O) groups is 1. The van der Waals surface area contributed by atoms with Gasteiger partial charge in [0.05, 0.1) is 32.1 Å². The van der Waals surface area contributed by atoms with Gasteiger partial charge in [0.15, 0.2) is 5.69 Å². The summed E-state index contributed by atoms with van der Waals surface area (Å²) in [6.07, 6.45) is 1.49. The number of ether oxygens (including phenoxy) is 2. The van der Waals surface area contributed by atoms with Crippen LogP contribution in [0.3, 0.4) is 0 Å². The lowest BCUT2D eigenvalue weighted by Crippen LogP contribution is -2.13. The molecule has 0 aliphatic carbocycles. The van der Waals surface area contributed by atoms with Crippen molar-refractivity contribution in [3.8, 4) is 0 Å². The highest BCUT2D eigenvalue weighted by Gasteiger charge is 2.17. The fraction of sp³-hybridized carbons (Fsp3) is 0.727. The summed E-state index contributed by atoms with van der Waals surface area (Å²) in [5.74, 6) is -1.04. The monoisotopic (exact) mass is 257 g/mol. The molecular weight excluding hydrogens is 238 g/mol. The highest BCUT2D eigenvalue weighted by molar-refractivity contribution is 5.86. The van der Waals surface area contributed by atoms with Crippen LogP contribution in [0.5, 0.6) is 0 Å². The Labute approximate surface area is 106 Å². The summed E-state index contributed by atoms with van der Waals surface area (Å²) in [6.45, 7) is 4.00. The quantitative estimate of drug-likeness (QED) is 0.652. The van der Waals surface area contributed by atoms with Gasteiger partial charge in [-0.15, -0.1) is 5.10 Å². The number of carboxylic acids is 1. The molecule has 0 atom stereocenters. The van der Waals surface area contributed by atoms with Crippen LogP contribution >= 0.6 is 0 Å². The number of aromatic nitrogens is 3. The van der Waals surface area contributed by atoms with E-state index in [9.17, 15) is 4.79 Å². The van der Waals surface area contributed by atoms with E-state index in [0.29, 0.717) is 38.5 Å². The van der Waals surface area contributed by atoms with Crippen LogP contribution in [0.1, 0.15) is 29.5 Å². The third kappa shape index (κ3) is 4.08. The summed E-state index contributed by atoms with van der Waals surface area (Å²) in [5.41, 5.74) is 0.689. The lowest BCUT2D eigenvalue weighted by molar-refractivity contribution is 0.0647. The van der Waals surface area contributed by atoms with Gasteiger partial charge in [-0.05, 0) is 6.42 Å².